The molecule has 3 aromatic rings. The van der Waals surface area contributed by atoms with Gasteiger partial charge in [0.25, 0.3) is 0 Å². The van der Waals surface area contributed by atoms with Crippen molar-refractivity contribution in [2.24, 2.45) is 0 Å². The molecule has 1 heteroatoms. The summed E-state index contributed by atoms with van der Waals surface area (Å²) in [6.45, 7) is 6.80. The van der Waals surface area contributed by atoms with Crippen molar-refractivity contribution < 1.29 is 0 Å². The molecular weight excluding hydrogens is 230 g/mol. The van der Waals surface area contributed by atoms with E-state index < -0.39 is 0 Å². The number of aromatic amines is 1. The fraction of sp³-hybridized carbons (Fsp3) is 0.222. The van der Waals surface area contributed by atoms with E-state index in [0.29, 0.717) is 0 Å². The molecular formula is C18H19N. The third-order valence-corrected chi connectivity index (χ3v) is 3.58. The number of fused-ring (bicyclic) bond motifs is 1. The molecule has 3 rings (SSSR count). The van der Waals surface area contributed by atoms with Crippen LogP contribution >= 0.6 is 0 Å². The van der Waals surface area contributed by atoms with Crippen molar-refractivity contribution >= 4 is 10.9 Å². The summed E-state index contributed by atoms with van der Waals surface area (Å²) in [5.74, 6) is 0. The predicted octanol–water partition coefficient (Wildman–Crippen LogP) is 5.13. The van der Waals surface area contributed by atoms with Gasteiger partial charge in [-0.25, -0.2) is 0 Å². The molecule has 0 aliphatic rings. The Morgan fingerprint density at radius 1 is 0.895 bits per heavy atom. The number of nitrogens with one attached hydrogen (secondary N) is 1. The van der Waals surface area contributed by atoms with Gasteiger partial charge in [-0.2, -0.15) is 0 Å². The van der Waals surface area contributed by atoms with Gasteiger partial charge in [-0.1, -0.05) is 51.1 Å². The Hall–Kier alpha value is -2.02. The zero-order valence-corrected chi connectivity index (χ0v) is 11.7. The zero-order valence-electron chi connectivity index (χ0n) is 11.7. The Bertz CT molecular complexity index is 699. The molecule has 0 bridgehead atoms. The highest BCUT2D eigenvalue weighted by molar-refractivity contribution is 5.87. The Labute approximate surface area is 114 Å². The van der Waals surface area contributed by atoms with Gasteiger partial charge in [0.15, 0.2) is 0 Å². The molecule has 1 aromatic heterocycles. The molecule has 0 aliphatic carbocycles. The lowest BCUT2D eigenvalue weighted by Crippen LogP contribution is -2.12. The highest BCUT2D eigenvalue weighted by Crippen LogP contribution is 2.35. The number of rotatable bonds is 1. The van der Waals surface area contributed by atoms with Crippen molar-refractivity contribution in [1.82, 2.24) is 4.98 Å². The number of benzene rings is 2. The molecule has 0 unspecified atom stereocenters. The van der Waals surface area contributed by atoms with Crippen LogP contribution in [0, 0.1) is 0 Å². The molecule has 0 saturated carbocycles. The molecule has 0 amide bonds. The van der Waals surface area contributed by atoms with Gasteiger partial charge >= 0.3 is 0 Å². The maximum absolute atomic E-state index is 3.31. The number of aromatic nitrogens is 1. The van der Waals surface area contributed by atoms with Crippen LogP contribution in [0.5, 0.6) is 0 Å². The Morgan fingerprint density at radius 3 is 2.32 bits per heavy atom. The highest BCUT2D eigenvalue weighted by atomic mass is 14.7. The summed E-state index contributed by atoms with van der Waals surface area (Å²) < 4.78 is 0. The maximum atomic E-state index is 3.31. The quantitative estimate of drug-likeness (QED) is 0.615. The second-order valence-corrected chi connectivity index (χ2v) is 6.08. The molecule has 0 atom stereocenters. The first-order chi connectivity index (χ1) is 9.05. The van der Waals surface area contributed by atoms with Crippen LogP contribution in [0.3, 0.4) is 0 Å². The van der Waals surface area contributed by atoms with E-state index in [1.165, 1.54) is 27.6 Å². The number of hydrogen-bond acceptors (Lipinski definition) is 0. The van der Waals surface area contributed by atoms with E-state index >= 15 is 0 Å². The summed E-state index contributed by atoms with van der Waals surface area (Å²) >= 11 is 0. The van der Waals surface area contributed by atoms with Crippen LogP contribution in [0.15, 0.2) is 54.7 Å². The van der Waals surface area contributed by atoms with Crippen molar-refractivity contribution in [1.29, 1.82) is 0 Å². The van der Waals surface area contributed by atoms with Crippen LogP contribution in [0.4, 0.5) is 0 Å². The van der Waals surface area contributed by atoms with Gasteiger partial charge in [-0.05, 0) is 45.7 Å². The molecule has 96 valence electrons. The summed E-state index contributed by atoms with van der Waals surface area (Å²) in [4.78, 5) is 3.31. The first kappa shape index (κ1) is 12.0. The Morgan fingerprint density at radius 2 is 1.63 bits per heavy atom. The lowest BCUT2D eigenvalue weighted by molar-refractivity contribution is 0.592. The Kier molecular flexibility index (Phi) is 2.70. The van der Waals surface area contributed by atoms with Crippen LogP contribution in [0.25, 0.3) is 22.0 Å². The third-order valence-electron chi connectivity index (χ3n) is 3.58. The summed E-state index contributed by atoms with van der Waals surface area (Å²) in [7, 11) is 0. The van der Waals surface area contributed by atoms with Crippen LogP contribution in [0.1, 0.15) is 26.3 Å². The molecule has 1 N–H and O–H groups in total. The van der Waals surface area contributed by atoms with Gasteiger partial charge in [0.1, 0.15) is 0 Å². The minimum atomic E-state index is 0.129. The van der Waals surface area contributed by atoms with Gasteiger partial charge in [-0.3, -0.25) is 0 Å². The lowest BCUT2D eigenvalue weighted by Gasteiger charge is -2.23. The normalized spacial score (nSPS) is 11.9. The first-order valence-electron chi connectivity index (χ1n) is 6.73. The molecule has 1 nitrogen and oxygen atoms in total. The van der Waals surface area contributed by atoms with E-state index in [2.05, 4.69) is 74.3 Å². The standard InChI is InChI=1S/C18H19N/c1-18(2,3)16-12-17-14(9-10-19-17)11-15(16)13-7-5-4-6-8-13/h4-12,19H,1-3H3. The van der Waals surface area contributed by atoms with E-state index in [-0.39, 0.29) is 5.41 Å². The molecule has 1 heterocycles. The molecule has 0 aliphatic heterocycles. The largest absolute Gasteiger partial charge is 0.361 e. The van der Waals surface area contributed by atoms with Gasteiger partial charge in [0.05, 0.1) is 0 Å². The topological polar surface area (TPSA) is 15.8 Å². The fourth-order valence-corrected chi connectivity index (χ4v) is 2.58. The average molecular weight is 249 g/mol. The molecule has 2 aromatic carbocycles. The highest BCUT2D eigenvalue weighted by Gasteiger charge is 2.19. The average Bonchev–Trinajstić information content (AvgIpc) is 2.84. The van der Waals surface area contributed by atoms with Crippen molar-refractivity contribution in [3.63, 3.8) is 0 Å². The molecule has 0 radical (unpaired) electrons. The van der Waals surface area contributed by atoms with E-state index in [9.17, 15) is 0 Å². The van der Waals surface area contributed by atoms with Crippen molar-refractivity contribution in [3.8, 4) is 11.1 Å². The molecule has 0 saturated heterocycles. The summed E-state index contributed by atoms with van der Waals surface area (Å²) in [6, 6.07) is 17.3. The zero-order chi connectivity index (χ0) is 13.5. The van der Waals surface area contributed by atoms with Crippen LogP contribution in [-0.4, -0.2) is 4.98 Å². The van der Waals surface area contributed by atoms with Crippen LogP contribution in [-0.2, 0) is 5.41 Å². The van der Waals surface area contributed by atoms with Crippen LogP contribution in [0.2, 0.25) is 0 Å². The van der Waals surface area contributed by atoms with Gasteiger partial charge in [0.2, 0.25) is 0 Å². The SMILES string of the molecule is CC(C)(C)c1cc2[nH]ccc2cc1-c1ccccc1. The third kappa shape index (κ3) is 2.17. The summed E-state index contributed by atoms with van der Waals surface area (Å²) in [5, 5.41) is 1.27. The van der Waals surface area contributed by atoms with E-state index in [4.69, 9.17) is 0 Å². The van der Waals surface area contributed by atoms with Gasteiger partial charge < -0.3 is 4.98 Å². The van der Waals surface area contributed by atoms with E-state index in [1.807, 2.05) is 6.20 Å². The lowest BCUT2D eigenvalue weighted by atomic mass is 9.81. The molecule has 0 spiro atoms. The number of H-pyrrole nitrogens is 1. The van der Waals surface area contributed by atoms with E-state index in [0.717, 1.165) is 0 Å². The van der Waals surface area contributed by atoms with Crippen molar-refractivity contribution in [2.75, 3.05) is 0 Å². The second-order valence-electron chi connectivity index (χ2n) is 6.08. The minimum absolute atomic E-state index is 0.129. The fourth-order valence-electron chi connectivity index (χ4n) is 2.58. The monoisotopic (exact) mass is 249 g/mol. The van der Waals surface area contributed by atoms with Crippen LogP contribution < -0.4 is 0 Å². The molecule has 0 fully saturated rings. The van der Waals surface area contributed by atoms with Gasteiger partial charge in [-0.15, -0.1) is 0 Å². The maximum Gasteiger partial charge on any atom is 0.0457 e. The Balaban J connectivity index is 2.32. The summed E-state index contributed by atoms with van der Waals surface area (Å²) in [5.41, 5.74) is 5.35. The minimum Gasteiger partial charge on any atom is -0.361 e. The number of hydrogen-bond donors (Lipinski definition) is 1. The second kappa shape index (κ2) is 4.27. The predicted molar refractivity (Wildman–Crippen MR) is 82.4 cm³/mol. The van der Waals surface area contributed by atoms with Gasteiger partial charge in [0, 0.05) is 11.7 Å². The first-order valence-corrected chi connectivity index (χ1v) is 6.73. The van der Waals surface area contributed by atoms with E-state index in [1.54, 1.807) is 0 Å². The summed E-state index contributed by atoms with van der Waals surface area (Å²) in [6.07, 6.45) is 2.01. The van der Waals surface area contributed by atoms with Crippen molar-refractivity contribution in [3.05, 3.63) is 60.3 Å². The van der Waals surface area contributed by atoms with Crippen molar-refractivity contribution in [2.45, 2.75) is 26.2 Å². The smallest absolute Gasteiger partial charge is 0.0457 e. The molecule has 19 heavy (non-hydrogen) atoms.